The van der Waals surface area contributed by atoms with E-state index in [-0.39, 0.29) is 0 Å². The van der Waals surface area contributed by atoms with Crippen molar-refractivity contribution in [3.8, 4) is 0 Å². The van der Waals surface area contributed by atoms with Gasteiger partial charge in [-0.1, -0.05) is 30.4 Å². The number of hydrogen-bond acceptors (Lipinski definition) is 3. The summed E-state index contributed by atoms with van der Waals surface area (Å²) in [4.78, 5) is 7.20. The largest absolute Gasteiger partial charge is 0.389 e. The van der Waals surface area contributed by atoms with E-state index in [1.54, 1.807) is 0 Å². The second-order valence-electron chi connectivity index (χ2n) is 5.24. The molecule has 0 bridgehead atoms. The number of nitrogens with two attached hydrogens (primary N) is 1. The lowest BCUT2D eigenvalue weighted by Gasteiger charge is -2.26. The van der Waals surface area contributed by atoms with Crippen LogP contribution in [0.1, 0.15) is 23.6 Å². The third-order valence-electron chi connectivity index (χ3n) is 3.82. The van der Waals surface area contributed by atoms with Gasteiger partial charge in [-0.25, -0.2) is 4.98 Å². The fourth-order valence-corrected chi connectivity index (χ4v) is 3.17. The van der Waals surface area contributed by atoms with E-state index < -0.39 is 0 Å². The fourth-order valence-electron chi connectivity index (χ4n) is 2.92. The SMILES string of the molecule is Cc1ccnc(N2c3ccccc3CC2C)c1C(N)=S. The summed E-state index contributed by atoms with van der Waals surface area (Å²) >= 11 is 5.22. The first-order valence-corrected chi connectivity index (χ1v) is 7.13. The molecule has 1 aromatic carbocycles. The van der Waals surface area contributed by atoms with Gasteiger partial charge in [-0.05, 0) is 43.5 Å². The van der Waals surface area contributed by atoms with E-state index in [4.69, 9.17) is 18.0 Å². The van der Waals surface area contributed by atoms with Gasteiger partial charge in [0.25, 0.3) is 0 Å². The molecule has 1 aliphatic heterocycles. The Morgan fingerprint density at radius 2 is 2.10 bits per heavy atom. The molecule has 102 valence electrons. The van der Waals surface area contributed by atoms with Gasteiger partial charge in [-0.2, -0.15) is 0 Å². The monoisotopic (exact) mass is 283 g/mol. The van der Waals surface area contributed by atoms with Crippen LogP contribution in [0, 0.1) is 6.92 Å². The molecule has 2 N–H and O–H groups in total. The number of fused-ring (bicyclic) bond motifs is 1. The van der Waals surface area contributed by atoms with Crippen molar-refractivity contribution in [3.63, 3.8) is 0 Å². The number of thiocarbonyl (C=S) groups is 1. The van der Waals surface area contributed by atoms with Gasteiger partial charge in [0.2, 0.25) is 0 Å². The normalized spacial score (nSPS) is 17.1. The summed E-state index contributed by atoms with van der Waals surface area (Å²) in [5.41, 5.74) is 10.4. The standard InChI is InChI=1S/C16H17N3S/c1-10-7-8-18-16(14(10)15(17)20)19-11(2)9-12-5-3-4-6-13(12)19/h3-8,11H,9H2,1-2H3,(H2,17,20). The summed E-state index contributed by atoms with van der Waals surface area (Å²) in [6, 6.07) is 10.7. The third-order valence-corrected chi connectivity index (χ3v) is 4.03. The molecule has 2 heterocycles. The molecule has 0 radical (unpaired) electrons. The molecule has 2 aromatic rings. The first kappa shape index (κ1) is 13.1. The predicted molar refractivity (Wildman–Crippen MR) is 86.6 cm³/mol. The molecule has 0 fully saturated rings. The maximum Gasteiger partial charge on any atom is 0.143 e. The number of nitrogens with zero attached hydrogens (tertiary/aromatic N) is 2. The van der Waals surface area contributed by atoms with E-state index in [0.717, 1.165) is 23.4 Å². The van der Waals surface area contributed by atoms with E-state index >= 15 is 0 Å². The summed E-state index contributed by atoms with van der Waals surface area (Å²) in [5.74, 6) is 0.870. The average Bonchev–Trinajstić information content (AvgIpc) is 2.73. The minimum absolute atomic E-state index is 0.356. The molecule has 0 saturated heterocycles. The van der Waals surface area contributed by atoms with Crippen LogP contribution in [0.3, 0.4) is 0 Å². The summed E-state index contributed by atoms with van der Waals surface area (Å²) in [6.45, 7) is 4.22. The number of aromatic nitrogens is 1. The van der Waals surface area contributed by atoms with Crippen molar-refractivity contribution in [1.82, 2.24) is 4.98 Å². The number of aryl methyl sites for hydroxylation is 1. The number of para-hydroxylation sites is 1. The first-order chi connectivity index (χ1) is 9.59. The maximum absolute atomic E-state index is 5.91. The molecule has 0 amide bonds. The number of rotatable bonds is 2. The quantitative estimate of drug-likeness (QED) is 0.860. The Morgan fingerprint density at radius 1 is 1.35 bits per heavy atom. The summed E-state index contributed by atoms with van der Waals surface area (Å²) in [5, 5.41) is 0. The van der Waals surface area contributed by atoms with Gasteiger partial charge >= 0.3 is 0 Å². The van der Waals surface area contributed by atoms with Crippen molar-refractivity contribution in [2.24, 2.45) is 5.73 Å². The zero-order chi connectivity index (χ0) is 14.3. The molecule has 1 aromatic heterocycles. The van der Waals surface area contributed by atoms with Gasteiger partial charge in [-0.3, -0.25) is 0 Å². The number of hydrogen-bond donors (Lipinski definition) is 1. The smallest absolute Gasteiger partial charge is 0.143 e. The van der Waals surface area contributed by atoms with E-state index in [1.807, 2.05) is 19.2 Å². The topological polar surface area (TPSA) is 42.2 Å². The molecule has 1 aliphatic rings. The predicted octanol–water partition coefficient (Wildman–Crippen LogP) is 3.11. The molecule has 1 atom stereocenters. The zero-order valence-electron chi connectivity index (χ0n) is 11.6. The van der Waals surface area contributed by atoms with Crippen LogP contribution in [-0.4, -0.2) is 16.0 Å². The summed E-state index contributed by atoms with van der Waals surface area (Å²) < 4.78 is 0. The van der Waals surface area contributed by atoms with Crippen LogP contribution in [-0.2, 0) is 6.42 Å². The number of benzene rings is 1. The Hall–Kier alpha value is -1.94. The molecule has 4 heteroatoms. The molecule has 0 aliphatic carbocycles. The minimum atomic E-state index is 0.356. The second kappa shape index (κ2) is 4.87. The Kier molecular flexibility index (Phi) is 3.18. The highest BCUT2D eigenvalue weighted by molar-refractivity contribution is 7.80. The lowest BCUT2D eigenvalue weighted by molar-refractivity contribution is 0.749. The van der Waals surface area contributed by atoms with Gasteiger partial charge in [0.15, 0.2) is 0 Å². The van der Waals surface area contributed by atoms with E-state index in [1.165, 1.54) is 11.3 Å². The molecule has 0 saturated carbocycles. The van der Waals surface area contributed by atoms with Crippen LogP contribution in [0.25, 0.3) is 0 Å². The Bertz CT molecular complexity index is 681. The van der Waals surface area contributed by atoms with Gasteiger partial charge in [0.05, 0.1) is 5.56 Å². The van der Waals surface area contributed by atoms with Crippen molar-refractivity contribution in [1.29, 1.82) is 0 Å². The van der Waals surface area contributed by atoms with Crippen molar-refractivity contribution in [2.45, 2.75) is 26.3 Å². The van der Waals surface area contributed by atoms with Gasteiger partial charge in [-0.15, -0.1) is 0 Å². The van der Waals surface area contributed by atoms with Crippen molar-refractivity contribution < 1.29 is 0 Å². The molecule has 3 rings (SSSR count). The molecular weight excluding hydrogens is 266 g/mol. The molecule has 3 nitrogen and oxygen atoms in total. The second-order valence-corrected chi connectivity index (χ2v) is 5.68. The minimum Gasteiger partial charge on any atom is -0.389 e. The van der Waals surface area contributed by atoms with Gasteiger partial charge in [0, 0.05) is 17.9 Å². The highest BCUT2D eigenvalue weighted by Gasteiger charge is 2.30. The van der Waals surface area contributed by atoms with Gasteiger partial charge < -0.3 is 10.6 Å². The Morgan fingerprint density at radius 3 is 2.85 bits per heavy atom. The van der Waals surface area contributed by atoms with Crippen molar-refractivity contribution >= 4 is 28.7 Å². The lowest BCUT2D eigenvalue weighted by Crippen LogP contribution is -2.28. The third kappa shape index (κ3) is 1.96. The average molecular weight is 283 g/mol. The van der Waals surface area contributed by atoms with Crippen LogP contribution < -0.4 is 10.6 Å². The van der Waals surface area contributed by atoms with Gasteiger partial charge in [0.1, 0.15) is 10.8 Å². The zero-order valence-corrected chi connectivity index (χ0v) is 12.4. The summed E-state index contributed by atoms with van der Waals surface area (Å²) in [6.07, 6.45) is 2.84. The summed E-state index contributed by atoms with van der Waals surface area (Å²) in [7, 11) is 0. The molecular formula is C16H17N3S. The highest BCUT2D eigenvalue weighted by Crippen LogP contribution is 2.38. The molecule has 0 spiro atoms. The molecule has 20 heavy (non-hydrogen) atoms. The van der Waals surface area contributed by atoms with Crippen LogP contribution in [0.15, 0.2) is 36.5 Å². The number of anilines is 2. The lowest BCUT2D eigenvalue weighted by atomic mass is 10.1. The van der Waals surface area contributed by atoms with E-state index in [9.17, 15) is 0 Å². The fraction of sp³-hybridized carbons (Fsp3) is 0.250. The number of pyridine rings is 1. The van der Waals surface area contributed by atoms with E-state index in [0.29, 0.717) is 11.0 Å². The van der Waals surface area contributed by atoms with E-state index in [2.05, 4.69) is 41.1 Å². The van der Waals surface area contributed by atoms with Crippen LogP contribution >= 0.6 is 12.2 Å². The van der Waals surface area contributed by atoms with Crippen molar-refractivity contribution in [3.05, 3.63) is 53.2 Å². The Labute approximate surface area is 124 Å². The highest BCUT2D eigenvalue weighted by atomic mass is 32.1. The first-order valence-electron chi connectivity index (χ1n) is 6.72. The van der Waals surface area contributed by atoms with Crippen LogP contribution in [0.2, 0.25) is 0 Å². The van der Waals surface area contributed by atoms with Crippen LogP contribution in [0.5, 0.6) is 0 Å². The maximum atomic E-state index is 5.91. The van der Waals surface area contributed by atoms with Crippen molar-refractivity contribution in [2.75, 3.05) is 4.90 Å². The molecule has 1 unspecified atom stereocenters. The van der Waals surface area contributed by atoms with Crippen LogP contribution in [0.4, 0.5) is 11.5 Å². The Balaban J connectivity index is 2.20.